The highest BCUT2D eigenvalue weighted by molar-refractivity contribution is 14.0. The van der Waals surface area contributed by atoms with E-state index in [2.05, 4.69) is 31.6 Å². The van der Waals surface area contributed by atoms with Crippen molar-refractivity contribution in [3.05, 3.63) is 34.1 Å². The number of guanidine groups is 1. The summed E-state index contributed by atoms with van der Waals surface area (Å²) in [4.78, 5) is 4.41. The van der Waals surface area contributed by atoms with Gasteiger partial charge in [-0.3, -0.25) is 0 Å². The van der Waals surface area contributed by atoms with Gasteiger partial charge in [-0.05, 0) is 54.4 Å². The number of halogens is 3. The monoisotopic (exact) mass is 443 g/mol. The molecular formula is C13H20BrFIN3. The Hall–Kier alpha value is -0.370. The van der Waals surface area contributed by atoms with Crippen LogP contribution >= 0.6 is 39.9 Å². The summed E-state index contributed by atoms with van der Waals surface area (Å²) in [6.45, 7) is 7.36. The average Bonchev–Trinajstić information content (AvgIpc) is 2.30. The largest absolute Gasteiger partial charge is 0.357 e. The van der Waals surface area contributed by atoms with Crippen LogP contribution in [0.15, 0.2) is 27.7 Å². The zero-order valence-electron chi connectivity index (χ0n) is 11.3. The summed E-state index contributed by atoms with van der Waals surface area (Å²) in [5.74, 6) is 0.486. The van der Waals surface area contributed by atoms with Crippen molar-refractivity contribution in [3.8, 4) is 0 Å². The van der Waals surface area contributed by atoms with E-state index in [1.54, 1.807) is 6.07 Å². The lowest BCUT2D eigenvalue weighted by atomic mass is 10.2. The normalized spacial score (nSPS) is 11.2. The maximum absolute atomic E-state index is 13.3. The molecule has 0 aliphatic carbocycles. The minimum absolute atomic E-state index is 0. The molecule has 2 N–H and O–H groups in total. The molecule has 1 rings (SSSR count). The van der Waals surface area contributed by atoms with Gasteiger partial charge in [-0.1, -0.05) is 6.07 Å². The highest BCUT2D eigenvalue weighted by Gasteiger charge is 2.02. The van der Waals surface area contributed by atoms with Crippen molar-refractivity contribution in [3.63, 3.8) is 0 Å². The fourth-order valence-corrected chi connectivity index (χ4v) is 1.65. The van der Waals surface area contributed by atoms with E-state index in [9.17, 15) is 4.39 Å². The molecule has 0 atom stereocenters. The number of nitrogens with one attached hydrogen (secondary N) is 2. The molecule has 0 unspecified atom stereocenters. The summed E-state index contributed by atoms with van der Waals surface area (Å²) in [5, 5.41) is 6.36. The highest BCUT2D eigenvalue weighted by Crippen LogP contribution is 2.16. The van der Waals surface area contributed by atoms with E-state index in [0.717, 1.165) is 18.1 Å². The number of aliphatic imine (C=N–C) groups is 1. The number of nitrogens with zero attached hydrogens (tertiary/aromatic N) is 1. The van der Waals surface area contributed by atoms with Crippen LogP contribution in [-0.4, -0.2) is 18.5 Å². The number of hydrogen-bond acceptors (Lipinski definition) is 1. The minimum atomic E-state index is -0.260. The molecule has 0 spiro atoms. The molecule has 3 nitrogen and oxygen atoms in total. The van der Waals surface area contributed by atoms with E-state index in [1.165, 1.54) is 6.07 Å². The second-order valence-electron chi connectivity index (χ2n) is 4.24. The maximum atomic E-state index is 13.3. The predicted molar refractivity (Wildman–Crippen MR) is 92.6 cm³/mol. The zero-order valence-corrected chi connectivity index (χ0v) is 15.3. The molecule has 1 aromatic carbocycles. The van der Waals surface area contributed by atoms with Crippen LogP contribution in [0.1, 0.15) is 26.3 Å². The van der Waals surface area contributed by atoms with Gasteiger partial charge < -0.3 is 10.6 Å². The van der Waals surface area contributed by atoms with Gasteiger partial charge in [-0.2, -0.15) is 0 Å². The first-order chi connectivity index (χ1) is 8.52. The van der Waals surface area contributed by atoms with E-state index in [0.29, 0.717) is 17.1 Å². The molecule has 0 aliphatic rings. The molecular weight excluding hydrogens is 424 g/mol. The Bertz CT molecular complexity index is 424. The first-order valence-electron chi connectivity index (χ1n) is 6.01. The van der Waals surface area contributed by atoms with Crippen LogP contribution in [0.25, 0.3) is 0 Å². The predicted octanol–water partition coefficient (Wildman–Crippen LogP) is 3.67. The zero-order chi connectivity index (χ0) is 13.5. The van der Waals surface area contributed by atoms with Gasteiger partial charge in [0.25, 0.3) is 0 Å². The molecule has 1 aromatic rings. The summed E-state index contributed by atoms with van der Waals surface area (Å²) in [7, 11) is 0. The number of hydrogen-bond donors (Lipinski definition) is 2. The molecule has 0 saturated carbocycles. The van der Waals surface area contributed by atoms with Gasteiger partial charge in [0, 0.05) is 12.6 Å². The van der Waals surface area contributed by atoms with Crippen LogP contribution in [0.2, 0.25) is 0 Å². The van der Waals surface area contributed by atoms with Gasteiger partial charge in [0.1, 0.15) is 5.82 Å². The third-order valence-electron chi connectivity index (χ3n) is 2.17. The molecule has 0 fully saturated rings. The third kappa shape index (κ3) is 7.10. The Labute approximate surface area is 139 Å². The van der Waals surface area contributed by atoms with Gasteiger partial charge in [-0.25, -0.2) is 9.38 Å². The molecule has 0 saturated heterocycles. The Morgan fingerprint density at radius 3 is 2.63 bits per heavy atom. The second-order valence-corrected chi connectivity index (χ2v) is 5.10. The molecule has 19 heavy (non-hydrogen) atoms. The molecule has 0 amide bonds. The molecule has 0 aromatic heterocycles. The molecule has 108 valence electrons. The average molecular weight is 444 g/mol. The van der Waals surface area contributed by atoms with Crippen molar-refractivity contribution in [2.45, 2.75) is 33.4 Å². The Morgan fingerprint density at radius 2 is 2.11 bits per heavy atom. The summed E-state index contributed by atoms with van der Waals surface area (Å²) >= 11 is 3.13. The summed E-state index contributed by atoms with van der Waals surface area (Å²) in [5.41, 5.74) is 0.844. The van der Waals surface area contributed by atoms with E-state index in [1.807, 2.05) is 26.8 Å². The van der Waals surface area contributed by atoms with Crippen molar-refractivity contribution in [2.24, 2.45) is 4.99 Å². The van der Waals surface area contributed by atoms with Crippen molar-refractivity contribution < 1.29 is 4.39 Å². The number of rotatable bonds is 4. The molecule has 0 aliphatic heterocycles. The lowest BCUT2D eigenvalue weighted by Crippen LogP contribution is -2.40. The second kappa shape index (κ2) is 9.52. The lowest BCUT2D eigenvalue weighted by molar-refractivity contribution is 0.618. The lowest BCUT2D eigenvalue weighted by Gasteiger charge is -2.13. The summed E-state index contributed by atoms with van der Waals surface area (Å²) in [6, 6.07) is 5.36. The van der Waals surface area contributed by atoms with Gasteiger partial charge in [0.2, 0.25) is 0 Å². The molecule has 0 bridgehead atoms. The minimum Gasteiger partial charge on any atom is -0.357 e. The maximum Gasteiger partial charge on any atom is 0.191 e. The fourth-order valence-electron chi connectivity index (χ4n) is 1.40. The van der Waals surface area contributed by atoms with Crippen LogP contribution in [0.5, 0.6) is 0 Å². The first kappa shape index (κ1) is 18.6. The van der Waals surface area contributed by atoms with E-state index in [4.69, 9.17) is 0 Å². The molecule has 6 heteroatoms. The smallest absolute Gasteiger partial charge is 0.191 e. The van der Waals surface area contributed by atoms with Crippen molar-refractivity contribution in [2.75, 3.05) is 6.54 Å². The first-order valence-corrected chi connectivity index (χ1v) is 6.81. The van der Waals surface area contributed by atoms with Crippen molar-refractivity contribution >= 4 is 45.9 Å². The fraction of sp³-hybridized carbons (Fsp3) is 0.462. The quantitative estimate of drug-likeness (QED) is 0.423. The standard InChI is InChI=1S/C13H19BrFN3.HI/c1-4-16-13(18-9(2)3)17-8-10-5-6-11(14)12(15)7-10;/h5-7,9H,4,8H2,1-3H3,(H2,16,17,18);1H. The van der Waals surface area contributed by atoms with E-state index < -0.39 is 0 Å². The third-order valence-corrected chi connectivity index (χ3v) is 2.82. The van der Waals surface area contributed by atoms with Crippen LogP contribution < -0.4 is 10.6 Å². The van der Waals surface area contributed by atoms with Gasteiger partial charge in [0.05, 0.1) is 11.0 Å². The summed E-state index contributed by atoms with van der Waals surface area (Å²) in [6.07, 6.45) is 0. The Kier molecular flexibility index (Phi) is 9.34. The van der Waals surface area contributed by atoms with Gasteiger partial charge in [0.15, 0.2) is 5.96 Å². The molecule has 0 heterocycles. The van der Waals surface area contributed by atoms with Crippen LogP contribution in [0.3, 0.4) is 0 Å². The number of benzene rings is 1. The topological polar surface area (TPSA) is 36.4 Å². The Morgan fingerprint density at radius 1 is 1.42 bits per heavy atom. The van der Waals surface area contributed by atoms with E-state index >= 15 is 0 Å². The van der Waals surface area contributed by atoms with Gasteiger partial charge >= 0.3 is 0 Å². The summed E-state index contributed by atoms with van der Waals surface area (Å²) < 4.78 is 13.8. The van der Waals surface area contributed by atoms with Crippen LogP contribution in [-0.2, 0) is 6.54 Å². The van der Waals surface area contributed by atoms with Crippen LogP contribution in [0.4, 0.5) is 4.39 Å². The van der Waals surface area contributed by atoms with E-state index in [-0.39, 0.29) is 29.8 Å². The SMILES string of the molecule is CCNC(=NCc1ccc(Br)c(F)c1)NC(C)C.I. The van der Waals surface area contributed by atoms with Crippen LogP contribution in [0, 0.1) is 5.82 Å². The van der Waals surface area contributed by atoms with Crippen molar-refractivity contribution in [1.82, 2.24) is 10.6 Å². The van der Waals surface area contributed by atoms with Gasteiger partial charge in [-0.15, -0.1) is 24.0 Å². The highest BCUT2D eigenvalue weighted by atomic mass is 127. The Balaban J connectivity index is 0.00000324. The molecule has 0 radical (unpaired) electrons. The van der Waals surface area contributed by atoms with Crippen molar-refractivity contribution in [1.29, 1.82) is 0 Å².